The van der Waals surface area contributed by atoms with Crippen LogP contribution in [0, 0.1) is 6.92 Å². The van der Waals surface area contributed by atoms with Gasteiger partial charge in [0.1, 0.15) is 11.0 Å². The van der Waals surface area contributed by atoms with E-state index in [2.05, 4.69) is 21.0 Å². The Labute approximate surface area is 84.5 Å². The zero-order valence-electron chi connectivity index (χ0n) is 7.56. The molecule has 1 aromatic carbocycles. The van der Waals surface area contributed by atoms with Crippen molar-refractivity contribution in [2.24, 2.45) is 0 Å². The molecule has 14 heavy (non-hydrogen) atoms. The number of aromatic nitrogens is 3. The number of nitrogens with zero attached hydrogens (tertiary/aromatic N) is 3. The summed E-state index contributed by atoms with van der Waals surface area (Å²) in [6.45, 7) is 2.01. The highest BCUT2D eigenvalue weighted by Gasteiger charge is 2.05. The fraction of sp³-hybridized carbons (Fsp3) is 0.100. The lowest BCUT2D eigenvalue weighted by Gasteiger charge is -1.94. The molecule has 0 bridgehead atoms. The van der Waals surface area contributed by atoms with E-state index in [0.29, 0.717) is 0 Å². The van der Waals surface area contributed by atoms with Crippen molar-refractivity contribution in [2.75, 3.05) is 0 Å². The average Bonchev–Trinajstić information content (AvgIpc) is 2.59. The largest absolute Gasteiger partial charge is 0.253 e. The van der Waals surface area contributed by atoms with Gasteiger partial charge < -0.3 is 0 Å². The number of rotatable bonds is 0. The van der Waals surface area contributed by atoms with Crippen LogP contribution < -0.4 is 0 Å². The Morgan fingerprint density at radius 1 is 1.07 bits per heavy atom. The van der Waals surface area contributed by atoms with Crippen LogP contribution in [0.5, 0.6) is 0 Å². The summed E-state index contributed by atoms with van der Waals surface area (Å²) in [5.41, 5.74) is 2.78. The molecule has 0 unspecified atom stereocenters. The van der Waals surface area contributed by atoms with Gasteiger partial charge in [0.05, 0.1) is 15.2 Å². The van der Waals surface area contributed by atoms with Gasteiger partial charge in [0.2, 0.25) is 0 Å². The highest BCUT2D eigenvalue weighted by atomic mass is 32.1. The highest BCUT2D eigenvalue weighted by Crippen LogP contribution is 2.26. The second kappa shape index (κ2) is 2.72. The fourth-order valence-electron chi connectivity index (χ4n) is 1.53. The maximum Gasteiger partial charge on any atom is 0.116 e. The van der Waals surface area contributed by atoms with Crippen LogP contribution in [0.15, 0.2) is 24.5 Å². The van der Waals surface area contributed by atoms with Gasteiger partial charge in [-0.3, -0.25) is 9.97 Å². The van der Waals surface area contributed by atoms with Crippen molar-refractivity contribution in [1.82, 2.24) is 15.0 Å². The molecule has 0 spiro atoms. The van der Waals surface area contributed by atoms with Crippen LogP contribution in [0.3, 0.4) is 0 Å². The van der Waals surface area contributed by atoms with Gasteiger partial charge >= 0.3 is 0 Å². The SMILES string of the molecule is Cc1nc2c(ccc3nccnc32)s1. The van der Waals surface area contributed by atoms with E-state index in [0.717, 1.165) is 21.6 Å². The third-order valence-corrected chi connectivity index (χ3v) is 3.04. The van der Waals surface area contributed by atoms with Gasteiger partial charge in [0.25, 0.3) is 0 Å². The molecule has 0 amide bonds. The molecular formula is C10H7N3S. The van der Waals surface area contributed by atoms with Crippen LogP contribution in [0.2, 0.25) is 0 Å². The van der Waals surface area contributed by atoms with E-state index in [1.807, 2.05) is 13.0 Å². The van der Waals surface area contributed by atoms with Crippen LogP contribution in [-0.2, 0) is 0 Å². The highest BCUT2D eigenvalue weighted by molar-refractivity contribution is 7.18. The minimum atomic E-state index is 0.898. The maximum absolute atomic E-state index is 4.46. The van der Waals surface area contributed by atoms with Crippen LogP contribution in [0.1, 0.15) is 5.01 Å². The molecule has 0 aliphatic heterocycles. The van der Waals surface area contributed by atoms with Gasteiger partial charge in [-0.1, -0.05) is 0 Å². The maximum atomic E-state index is 4.46. The van der Waals surface area contributed by atoms with Gasteiger partial charge in [0, 0.05) is 12.4 Å². The number of thiazole rings is 1. The third kappa shape index (κ3) is 1.01. The molecule has 0 fully saturated rings. The molecule has 0 radical (unpaired) electrons. The first-order valence-electron chi connectivity index (χ1n) is 4.31. The Balaban J connectivity index is 2.60. The molecule has 0 atom stereocenters. The normalized spacial score (nSPS) is 11.2. The Hall–Kier alpha value is -1.55. The molecule has 68 valence electrons. The summed E-state index contributed by atoms with van der Waals surface area (Å²) in [5.74, 6) is 0. The standard InChI is InChI=1S/C10H7N3S/c1-6-13-10-8(14-6)3-2-7-9(10)12-5-4-11-7/h2-5H,1H3. The summed E-state index contributed by atoms with van der Waals surface area (Å²) in [4.78, 5) is 13.0. The topological polar surface area (TPSA) is 38.7 Å². The van der Waals surface area contributed by atoms with E-state index >= 15 is 0 Å². The minimum absolute atomic E-state index is 0.898. The van der Waals surface area contributed by atoms with Crippen molar-refractivity contribution < 1.29 is 0 Å². The summed E-state index contributed by atoms with van der Waals surface area (Å²) in [5, 5.41) is 1.07. The van der Waals surface area contributed by atoms with Gasteiger partial charge in [0.15, 0.2) is 0 Å². The Morgan fingerprint density at radius 3 is 2.86 bits per heavy atom. The van der Waals surface area contributed by atoms with Crippen LogP contribution in [-0.4, -0.2) is 15.0 Å². The monoisotopic (exact) mass is 201 g/mol. The second-order valence-electron chi connectivity index (χ2n) is 3.07. The molecule has 0 aliphatic rings. The fourth-order valence-corrected chi connectivity index (χ4v) is 2.36. The molecule has 0 N–H and O–H groups in total. The Morgan fingerprint density at radius 2 is 1.93 bits per heavy atom. The smallest absolute Gasteiger partial charge is 0.116 e. The molecule has 4 heteroatoms. The summed E-state index contributed by atoms with van der Waals surface area (Å²) in [6, 6.07) is 4.04. The average molecular weight is 201 g/mol. The lowest BCUT2D eigenvalue weighted by molar-refractivity contribution is 1.28. The molecule has 0 saturated carbocycles. The van der Waals surface area contributed by atoms with Crippen LogP contribution >= 0.6 is 11.3 Å². The summed E-state index contributed by atoms with van der Waals surface area (Å²) < 4.78 is 1.18. The summed E-state index contributed by atoms with van der Waals surface area (Å²) >= 11 is 1.69. The zero-order chi connectivity index (χ0) is 9.54. The first-order chi connectivity index (χ1) is 6.84. The van der Waals surface area contributed by atoms with Gasteiger partial charge in [-0.05, 0) is 19.1 Å². The molecule has 0 saturated heterocycles. The number of benzene rings is 1. The molecule has 3 aromatic rings. The lowest BCUT2D eigenvalue weighted by Crippen LogP contribution is -1.82. The summed E-state index contributed by atoms with van der Waals surface area (Å²) in [7, 11) is 0. The molecule has 0 aliphatic carbocycles. The molecule has 2 aromatic heterocycles. The van der Waals surface area contributed by atoms with Gasteiger partial charge in [-0.2, -0.15) is 0 Å². The zero-order valence-corrected chi connectivity index (χ0v) is 8.38. The number of hydrogen-bond donors (Lipinski definition) is 0. The van der Waals surface area contributed by atoms with Crippen LogP contribution in [0.4, 0.5) is 0 Å². The van der Waals surface area contributed by atoms with E-state index in [1.54, 1.807) is 23.7 Å². The second-order valence-corrected chi connectivity index (χ2v) is 4.30. The van der Waals surface area contributed by atoms with E-state index in [1.165, 1.54) is 4.70 Å². The third-order valence-electron chi connectivity index (χ3n) is 2.10. The van der Waals surface area contributed by atoms with E-state index in [4.69, 9.17) is 0 Å². The molecule has 3 nitrogen and oxygen atoms in total. The lowest BCUT2D eigenvalue weighted by atomic mass is 10.3. The first kappa shape index (κ1) is 7.82. The Bertz CT molecular complexity index is 615. The van der Waals surface area contributed by atoms with Crippen molar-refractivity contribution in [3.8, 4) is 0 Å². The Kier molecular flexibility index (Phi) is 1.52. The van der Waals surface area contributed by atoms with E-state index in [9.17, 15) is 0 Å². The first-order valence-corrected chi connectivity index (χ1v) is 5.13. The minimum Gasteiger partial charge on any atom is -0.253 e. The van der Waals surface area contributed by atoms with Crippen molar-refractivity contribution in [3.05, 3.63) is 29.5 Å². The number of hydrogen-bond acceptors (Lipinski definition) is 4. The van der Waals surface area contributed by atoms with Gasteiger partial charge in [-0.15, -0.1) is 11.3 Å². The van der Waals surface area contributed by atoms with E-state index in [-0.39, 0.29) is 0 Å². The van der Waals surface area contributed by atoms with E-state index < -0.39 is 0 Å². The predicted molar refractivity (Wildman–Crippen MR) is 57.5 cm³/mol. The molecular weight excluding hydrogens is 194 g/mol. The predicted octanol–water partition coefficient (Wildman–Crippen LogP) is 2.55. The molecule has 2 heterocycles. The quantitative estimate of drug-likeness (QED) is 0.561. The molecule has 3 rings (SSSR count). The van der Waals surface area contributed by atoms with Crippen molar-refractivity contribution in [1.29, 1.82) is 0 Å². The van der Waals surface area contributed by atoms with Crippen molar-refractivity contribution >= 4 is 32.6 Å². The van der Waals surface area contributed by atoms with Crippen molar-refractivity contribution in [2.45, 2.75) is 6.92 Å². The number of fused-ring (bicyclic) bond motifs is 3. The van der Waals surface area contributed by atoms with Crippen molar-refractivity contribution in [3.63, 3.8) is 0 Å². The number of aryl methyl sites for hydroxylation is 1. The van der Waals surface area contributed by atoms with Crippen LogP contribution in [0.25, 0.3) is 21.3 Å². The van der Waals surface area contributed by atoms with Gasteiger partial charge in [-0.25, -0.2) is 4.98 Å². The summed E-state index contributed by atoms with van der Waals surface area (Å²) in [6.07, 6.45) is 3.41.